The van der Waals surface area contributed by atoms with Gasteiger partial charge in [-0.2, -0.15) is 5.26 Å². The van der Waals surface area contributed by atoms with Gasteiger partial charge in [0, 0.05) is 18.3 Å². The largest absolute Gasteiger partial charge is 0.382 e. The van der Waals surface area contributed by atoms with Gasteiger partial charge in [-0.15, -0.1) is 0 Å². The molecule has 1 saturated heterocycles. The molecule has 1 atom stereocenters. The lowest BCUT2D eigenvalue weighted by Gasteiger charge is -2.36. The molecule has 1 N–H and O–H groups in total. The molecular formula is C14H18N2O. The highest BCUT2D eigenvalue weighted by molar-refractivity contribution is 5.47. The Morgan fingerprint density at radius 2 is 2.06 bits per heavy atom. The minimum Gasteiger partial charge on any atom is -0.382 e. The highest BCUT2D eigenvalue weighted by Crippen LogP contribution is 2.26. The number of nitrogens with one attached hydrogen (secondary N) is 1. The average Bonchev–Trinajstić information content (AvgIpc) is 2.29. The van der Waals surface area contributed by atoms with Crippen LogP contribution in [0, 0.1) is 11.3 Å². The summed E-state index contributed by atoms with van der Waals surface area (Å²) >= 11 is 0. The number of hydrogen-bond acceptors (Lipinski definition) is 3. The van der Waals surface area contributed by atoms with Gasteiger partial charge in [-0.05, 0) is 51.0 Å². The molecule has 2 rings (SSSR count). The Labute approximate surface area is 102 Å². The summed E-state index contributed by atoms with van der Waals surface area (Å²) in [5, 5.41) is 12.2. The van der Waals surface area contributed by atoms with Crippen molar-refractivity contribution in [1.29, 1.82) is 5.26 Å². The van der Waals surface area contributed by atoms with Crippen LogP contribution in [0.15, 0.2) is 24.3 Å². The Balaban J connectivity index is 1.98. The lowest BCUT2D eigenvalue weighted by Crippen LogP contribution is -2.40. The first kappa shape index (κ1) is 11.9. The number of nitriles is 1. The summed E-state index contributed by atoms with van der Waals surface area (Å²) in [6.07, 6.45) is 2.04. The zero-order valence-electron chi connectivity index (χ0n) is 10.4. The first-order chi connectivity index (χ1) is 8.09. The van der Waals surface area contributed by atoms with Crippen LogP contribution in [0.2, 0.25) is 0 Å². The molecule has 1 aliphatic heterocycles. The Hall–Kier alpha value is -1.53. The van der Waals surface area contributed by atoms with Crippen LogP contribution in [0.1, 0.15) is 32.3 Å². The van der Waals surface area contributed by atoms with Crippen LogP contribution in [0.3, 0.4) is 0 Å². The van der Waals surface area contributed by atoms with Gasteiger partial charge >= 0.3 is 0 Å². The second-order valence-electron chi connectivity index (χ2n) is 5.13. The molecule has 1 aromatic carbocycles. The summed E-state index contributed by atoms with van der Waals surface area (Å²) in [7, 11) is 0. The molecule has 3 nitrogen and oxygen atoms in total. The van der Waals surface area contributed by atoms with Crippen molar-refractivity contribution in [2.75, 3.05) is 11.9 Å². The van der Waals surface area contributed by atoms with Gasteiger partial charge in [0.2, 0.25) is 0 Å². The van der Waals surface area contributed by atoms with Gasteiger partial charge in [0.15, 0.2) is 0 Å². The fourth-order valence-corrected chi connectivity index (χ4v) is 2.23. The predicted molar refractivity (Wildman–Crippen MR) is 67.8 cm³/mol. The fraction of sp³-hybridized carbons (Fsp3) is 0.500. The maximum Gasteiger partial charge on any atom is 0.0991 e. The van der Waals surface area contributed by atoms with E-state index in [0.717, 1.165) is 25.1 Å². The molecule has 17 heavy (non-hydrogen) atoms. The van der Waals surface area contributed by atoms with Crippen molar-refractivity contribution in [2.45, 2.75) is 38.3 Å². The zero-order chi connectivity index (χ0) is 12.3. The number of ether oxygens (including phenoxy) is 1. The van der Waals surface area contributed by atoms with Crippen molar-refractivity contribution in [3.05, 3.63) is 29.8 Å². The van der Waals surface area contributed by atoms with E-state index in [4.69, 9.17) is 10.00 Å². The fourth-order valence-electron chi connectivity index (χ4n) is 2.23. The molecule has 1 aromatic rings. The standard InChI is InChI=1S/C14H18N2O/c1-14(2)9-13(7-8-17-14)16-12-5-3-11(10-15)4-6-12/h3-6,13,16H,7-9H2,1-2H3. The Kier molecular flexibility index (Phi) is 3.35. The van der Waals surface area contributed by atoms with E-state index in [9.17, 15) is 0 Å². The van der Waals surface area contributed by atoms with Crippen LogP contribution in [-0.4, -0.2) is 18.2 Å². The smallest absolute Gasteiger partial charge is 0.0991 e. The van der Waals surface area contributed by atoms with E-state index in [2.05, 4.69) is 25.2 Å². The molecule has 0 saturated carbocycles. The van der Waals surface area contributed by atoms with Crippen molar-refractivity contribution in [2.24, 2.45) is 0 Å². The van der Waals surface area contributed by atoms with Gasteiger partial charge in [0.1, 0.15) is 0 Å². The summed E-state index contributed by atoms with van der Waals surface area (Å²) in [5.41, 5.74) is 1.73. The van der Waals surface area contributed by atoms with E-state index in [1.165, 1.54) is 0 Å². The molecule has 1 fully saturated rings. The number of rotatable bonds is 2. The normalized spacial score (nSPS) is 22.8. The van der Waals surface area contributed by atoms with Crippen molar-refractivity contribution in [3.63, 3.8) is 0 Å². The van der Waals surface area contributed by atoms with E-state index >= 15 is 0 Å². The molecule has 90 valence electrons. The second-order valence-corrected chi connectivity index (χ2v) is 5.13. The topological polar surface area (TPSA) is 45.0 Å². The van der Waals surface area contributed by atoms with Gasteiger partial charge in [0.25, 0.3) is 0 Å². The Morgan fingerprint density at radius 1 is 1.35 bits per heavy atom. The molecule has 1 unspecified atom stereocenters. The lowest BCUT2D eigenvalue weighted by atomic mass is 9.94. The Morgan fingerprint density at radius 3 is 2.65 bits per heavy atom. The minimum absolute atomic E-state index is 0.0392. The summed E-state index contributed by atoms with van der Waals surface area (Å²) in [6.45, 7) is 5.06. The van der Waals surface area contributed by atoms with E-state index in [1.54, 1.807) is 0 Å². The highest BCUT2D eigenvalue weighted by atomic mass is 16.5. The molecular weight excluding hydrogens is 212 g/mol. The summed E-state index contributed by atoms with van der Waals surface area (Å²) < 4.78 is 5.69. The second kappa shape index (κ2) is 4.77. The third-order valence-electron chi connectivity index (χ3n) is 3.08. The van der Waals surface area contributed by atoms with Crippen molar-refractivity contribution in [3.8, 4) is 6.07 Å². The molecule has 3 heteroatoms. The molecule has 1 aliphatic rings. The molecule has 0 spiro atoms. The van der Waals surface area contributed by atoms with Crippen molar-refractivity contribution >= 4 is 5.69 Å². The van der Waals surface area contributed by atoms with Crippen LogP contribution >= 0.6 is 0 Å². The van der Waals surface area contributed by atoms with Crippen LogP contribution in [0.4, 0.5) is 5.69 Å². The third-order valence-corrected chi connectivity index (χ3v) is 3.08. The maximum atomic E-state index is 8.73. The Bertz CT molecular complexity index is 417. The van der Waals surface area contributed by atoms with Gasteiger partial charge in [-0.1, -0.05) is 0 Å². The third kappa shape index (κ3) is 3.21. The number of anilines is 1. The van der Waals surface area contributed by atoms with Crippen LogP contribution in [0.5, 0.6) is 0 Å². The first-order valence-corrected chi connectivity index (χ1v) is 6.00. The number of nitrogens with zero attached hydrogens (tertiary/aromatic N) is 1. The molecule has 0 amide bonds. The van der Waals surface area contributed by atoms with E-state index in [0.29, 0.717) is 11.6 Å². The van der Waals surface area contributed by atoms with E-state index in [1.807, 2.05) is 24.3 Å². The summed E-state index contributed by atoms with van der Waals surface area (Å²) in [4.78, 5) is 0. The van der Waals surface area contributed by atoms with Crippen LogP contribution in [-0.2, 0) is 4.74 Å². The molecule has 0 bridgehead atoms. The predicted octanol–water partition coefficient (Wildman–Crippen LogP) is 2.93. The molecule has 0 aromatic heterocycles. The lowest BCUT2D eigenvalue weighted by molar-refractivity contribution is -0.0553. The molecule has 1 heterocycles. The number of hydrogen-bond donors (Lipinski definition) is 1. The monoisotopic (exact) mass is 230 g/mol. The molecule has 0 radical (unpaired) electrons. The van der Waals surface area contributed by atoms with Crippen molar-refractivity contribution in [1.82, 2.24) is 0 Å². The average molecular weight is 230 g/mol. The summed E-state index contributed by atoms with van der Waals surface area (Å²) in [6, 6.07) is 10.2. The minimum atomic E-state index is -0.0392. The number of benzene rings is 1. The SMILES string of the molecule is CC1(C)CC(Nc2ccc(C#N)cc2)CCO1. The van der Waals surface area contributed by atoms with Crippen LogP contribution < -0.4 is 5.32 Å². The van der Waals surface area contributed by atoms with Gasteiger partial charge in [-0.3, -0.25) is 0 Å². The summed E-state index contributed by atoms with van der Waals surface area (Å²) in [5.74, 6) is 0. The highest BCUT2D eigenvalue weighted by Gasteiger charge is 2.28. The van der Waals surface area contributed by atoms with Gasteiger partial charge < -0.3 is 10.1 Å². The first-order valence-electron chi connectivity index (χ1n) is 6.00. The van der Waals surface area contributed by atoms with Gasteiger partial charge in [0.05, 0.1) is 17.2 Å². The van der Waals surface area contributed by atoms with Gasteiger partial charge in [-0.25, -0.2) is 0 Å². The van der Waals surface area contributed by atoms with Crippen LogP contribution in [0.25, 0.3) is 0 Å². The maximum absolute atomic E-state index is 8.73. The van der Waals surface area contributed by atoms with E-state index < -0.39 is 0 Å². The zero-order valence-corrected chi connectivity index (χ0v) is 10.4. The van der Waals surface area contributed by atoms with Crippen molar-refractivity contribution < 1.29 is 4.74 Å². The molecule has 0 aliphatic carbocycles. The van der Waals surface area contributed by atoms with E-state index in [-0.39, 0.29) is 5.60 Å². The quantitative estimate of drug-likeness (QED) is 0.849.